The average Bonchev–Trinajstić information content (AvgIpc) is 3.06. The number of fused-ring (bicyclic) bond motifs is 1. The van der Waals surface area contributed by atoms with Gasteiger partial charge in [-0.05, 0) is 12.8 Å². The predicted molar refractivity (Wildman–Crippen MR) is 75.2 cm³/mol. The lowest BCUT2D eigenvalue weighted by molar-refractivity contribution is -0.111. The molecular formula is C14H20N2O2S. The topological polar surface area (TPSA) is 34.6 Å². The van der Waals surface area contributed by atoms with Crippen LogP contribution in [0.25, 0.3) is 0 Å². The zero-order chi connectivity index (χ0) is 13.1. The molecule has 19 heavy (non-hydrogen) atoms. The van der Waals surface area contributed by atoms with Crippen molar-refractivity contribution in [1.29, 1.82) is 0 Å². The lowest BCUT2D eigenvalue weighted by atomic mass is 10.1. The van der Waals surface area contributed by atoms with E-state index in [0.717, 1.165) is 32.5 Å². The lowest BCUT2D eigenvalue weighted by Crippen LogP contribution is -2.51. The van der Waals surface area contributed by atoms with Gasteiger partial charge in [0.05, 0.1) is 32.0 Å². The van der Waals surface area contributed by atoms with Gasteiger partial charge in [-0.25, -0.2) is 4.98 Å². The van der Waals surface area contributed by atoms with Gasteiger partial charge in [-0.1, -0.05) is 6.08 Å². The number of thiazole rings is 1. The molecule has 0 bridgehead atoms. The molecule has 1 aromatic rings. The number of morpholine rings is 1. The van der Waals surface area contributed by atoms with Crippen molar-refractivity contribution in [1.82, 2.24) is 9.88 Å². The van der Waals surface area contributed by atoms with Gasteiger partial charge in [0.25, 0.3) is 0 Å². The van der Waals surface area contributed by atoms with Crippen LogP contribution in [-0.4, -0.2) is 47.9 Å². The van der Waals surface area contributed by atoms with Crippen molar-refractivity contribution in [3.8, 4) is 0 Å². The van der Waals surface area contributed by atoms with E-state index in [-0.39, 0.29) is 12.2 Å². The second-order valence-electron chi connectivity index (χ2n) is 5.04. The molecule has 4 nitrogen and oxygen atoms in total. The molecule has 0 amide bonds. The van der Waals surface area contributed by atoms with E-state index < -0.39 is 0 Å². The van der Waals surface area contributed by atoms with Crippen LogP contribution in [0.5, 0.6) is 0 Å². The Morgan fingerprint density at radius 3 is 3.32 bits per heavy atom. The molecule has 2 fully saturated rings. The summed E-state index contributed by atoms with van der Waals surface area (Å²) < 4.78 is 11.8. The smallest absolute Gasteiger partial charge is 0.107 e. The third-order valence-electron chi connectivity index (χ3n) is 3.90. The zero-order valence-electron chi connectivity index (χ0n) is 11.0. The maximum Gasteiger partial charge on any atom is 0.107 e. The number of hydrogen-bond donors (Lipinski definition) is 0. The SMILES string of the molecule is C=CCO[C@@H]1CC[C@@H]2[C@@H]1OCCN2Cc1nccs1. The van der Waals surface area contributed by atoms with Crippen LogP contribution in [0.2, 0.25) is 0 Å². The Bertz CT molecular complexity index is 410. The largest absolute Gasteiger partial charge is 0.373 e. The highest BCUT2D eigenvalue weighted by atomic mass is 32.1. The Morgan fingerprint density at radius 2 is 2.53 bits per heavy atom. The van der Waals surface area contributed by atoms with Crippen LogP contribution < -0.4 is 0 Å². The standard InChI is InChI=1S/C14H20N2O2S/c1-2-7-17-12-4-3-11-14(12)18-8-6-16(11)10-13-15-5-9-19-13/h2,5,9,11-12,14H,1,3-4,6-8,10H2/t11-,12-,14+/m1/s1. The van der Waals surface area contributed by atoms with Gasteiger partial charge in [-0.3, -0.25) is 4.90 Å². The molecule has 2 heterocycles. The molecule has 3 atom stereocenters. The number of rotatable bonds is 5. The Balaban J connectivity index is 1.63. The minimum absolute atomic E-state index is 0.216. The van der Waals surface area contributed by atoms with Crippen molar-refractivity contribution in [3.05, 3.63) is 29.2 Å². The molecule has 5 heteroatoms. The van der Waals surface area contributed by atoms with E-state index in [1.165, 1.54) is 5.01 Å². The quantitative estimate of drug-likeness (QED) is 0.774. The number of ether oxygens (including phenoxy) is 2. The second-order valence-corrected chi connectivity index (χ2v) is 6.02. The van der Waals surface area contributed by atoms with E-state index in [0.29, 0.717) is 12.6 Å². The first-order valence-corrected chi connectivity index (χ1v) is 7.73. The predicted octanol–water partition coefficient (Wildman–Crippen LogP) is 2.08. The summed E-state index contributed by atoms with van der Waals surface area (Å²) in [5.41, 5.74) is 0. The third kappa shape index (κ3) is 2.89. The summed E-state index contributed by atoms with van der Waals surface area (Å²) in [6.07, 6.45) is 6.36. The normalized spacial score (nSPS) is 31.3. The van der Waals surface area contributed by atoms with Crippen molar-refractivity contribution in [3.63, 3.8) is 0 Å². The molecule has 3 rings (SSSR count). The lowest BCUT2D eigenvalue weighted by Gasteiger charge is -2.38. The summed E-state index contributed by atoms with van der Waals surface area (Å²) in [5, 5.41) is 3.23. The highest BCUT2D eigenvalue weighted by Crippen LogP contribution is 2.33. The van der Waals surface area contributed by atoms with Crippen LogP contribution >= 0.6 is 11.3 Å². The van der Waals surface area contributed by atoms with Crippen LogP contribution in [0.4, 0.5) is 0 Å². The fourth-order valence-corrected chi connectivity index (χ4v) is 3.70. The molecule has 1 aliphatic carbocycles. The molecule has 0 spiro atoms. The van der Waals surface area contributed by atoms with Crippen LogP contribution in [0.15, 0.2) is 24.2 Å². The molecule has 0 aromatic carbocycles. The Hall–Kier alpha value is -0.750. The molecule has 0 N–H and O–H groups in total. The Kier molecular flexibility index (Phi) is 4.28. The van der Waals surface area contributed by atoms with E-state index in [1.807, 2.05) is 17.7 Å². The molecule has 1 aliphatic heterocycles. The van der Waals surface area contributed by atoms with Crippen molar-refractivity contribution in [2.45, 2.75) is 37.6 Å². The van der Waals surface area contributed by atoms with Crippen LogP contribution in [-0.2, 0) is 16.0 Å². The maximum absolute atomic E-state index is 5.94. The van der Waals surface area contributed by atoms with Crippen molar-refractivity contribution >= 4 is 11.3 Å². The number of nitrogens with zero attached hydrogens (tertiary/aromatic N) is 2. The van der Waals surface area contributed by atoms with Crippen molar-refractivity contribution < 1.29 is 9.47 Å². The first kappa shape index (κ1) is 13.2. The van der Waals surface area contributed by atoms with Gasteiger partial charge in [-0.15, -0.1) is 17.9 Å². The highest BCUT2D eigenvalue weighted by Gasteiger charge is 2.43. The molecule has 1 saturated carbocycles. The molecular weight excluding hydrogens is 260 g/mol. The maximum atomic E-state index is 5.94. The van der Waals surface area contributed by atoms with Gasteiger partial charge in [0.15, 0.2) is 0 Å². The van der Waals surface area contributed by atoms with E-state index in [9.17, 15) is 0 Å². The van der Waals surface area contributed by atoms with E-state index in [1.54, 1.807) is 11.3 Å². The summed E-state index contributed by atoms with van der Waals surface area (Å²) in [4.78, 5) is 6.89. The summed E-state index contributed by atoms with van der Waals surface area (Å²) in [6, 6.07) is 0.479. The minimum Gasteiger partial charge on any atom is -0.373 e. The fraction of sp³-hybridized carbons (Fsp3) is 0.643. The summed E-state index contributed by atoms with van der Waals surface area (Å²) in [5.74, 6) is 0. The van der Waals surface area contributed by atoms with Gasteiger partial charge in [0.1, 0.15) is 5.01 Å². The van der Waals surface area contributed by atoms with Crippen LogP contribution in [0.3, 0.4) is 0 Å². The molecule has 0 radical (unpaired) electrons. The van der Waals surface area contributed by atoms with E-state index >= 15 is 0 Å². The van der Waals surface area contributed by atoms with E-state index in [4.69, 9.17) is 9.47 Å². The van der Waals surface area contributed by atoms with Gasteiger partial charge in [0, 0.05) is 24.2 Å². The minimum atomic E-state index is 0.216. The number of aromatic nitrogens is 1. The Morgan fingerprint density at radius 1 is 1.58 bits per heavy atom. The van der Waals surface area contributed by atoms with Gasteiger partial charge in [0.2, 0.25) is 0 Å². The summed E-state index contributed by atoms with van der Waals surface area (Å²) in [6.45, 7) is 7.05. The third-order valence-corrected chi connectivity index (χ3v) is 4.66. The van der Waals surface area contributed by atoms with Gasteiger partial charge in [-0.2, -0.15) is 0 Å². The number of hydrogen-bond acceptors (Lipinski definition) is 5. The van der Waals surface area contributed by atoms with E-state index in [2.05, 4.69) is 16.5 Å². The first-order chi connectivity index (χ1) is 9.38. The molecule has 1 saturated heterocycles. The van der Waals surface area contributed by atoms with Crippen molar-refractivity contribution in [2.75, 3.05) is 19.8 Å². The van der Waals surface area contributed by atoms with Gasteiger partial charge >= 0.3 is 0 Å². The highest BCUT2D eigenvalue weighted by molar-refractivity contribution is 7.09. The van der Waals surface area contributed by atoms with Crippen LogP contribution in [0.1, 0.15) is 17.8 Å². The monoisotopic (exact) mass is 280 g/mol. The van der Waals surface area contributed by atoms with Crippen LogP contribution in [0, 0.1) is 0 Å². The summed E-state index contributed by atoms with van der Waals surface area (Å²) >= 11 is 1.73. The van der Waals surface area contributed by atoms with Crippen molar-refractivity contribution in [2.24, 2.45) is 0 Å². The van der Waals surface area contributed by atoms with Gasteiger partial charge < -0.3 is 9.47 Å². The fourth-order valence-electron chi connectivity index (χ4n) is 3.06. The molecule has 0 unspecified atom stereocenters. The molecule has 2 aliphatic rings. The molecule has 104 valence electrons. The summed E-state index contributed by atoms with van der Waals surface area (Å²) in [7, 11) is 0. The first-order valence-electron chi connectivity index (χ1n) is 6.85. The zero-order valence-corrected chi connectivity index (χ0v) is 11.8. The Labute approximate surface area is 118 Å². The molecule has 1 aromatic heterocycles. The second kappa shape index (κ2) is 6.13. The average molecular weight is 280 g/mol.